The Labute approximate surface area is 146 Å². The lowest BCUT2D eigenvalue weighted by Crippen LogP contribution is -2.43. The average Bonchev–Trinajstić information content (AvgIpc) is 3.30. The Morgan fingerprint density at radius 2 is 1.09 bits per heavy atom. The van der Waals surface area contributed by atoms with Crippen LogP contribution in [0.2, 0.25) is 0 Å². The second kappa shape index (κ2) is 13.2. The summed E-state index contributed by atoms with van der Waals surface area (Å²) in [5, 5.41) is 0. The first-order valence-corrected chi connectivity index (χ1v) is 10.6. The normalized spacial score (nSPS) is 17.6. The highest BCUT2D eigenvalue weighted by molar-refractivity contribution is 4.67. The summed E-state index contributed by atoms with van der Waals surface area (Å²) in [7, 11) is 4.70. The van der Waals surface area contributed by atoms with Gasteiger partial charge in [0.05, 0.1) is 27.2 Å². The lowest BCUT2D eigenvalue weighted by molar-refractivity contribution is -0.891. The smallest absolute Gasteiger partial charge is 0.130 e. The predicted octanol–water partition coefficient (Wildman–Crippen LogP) is 5.94. The van der Waals surface area contributed by atoms with Gasteiger partial charge < -0.3 is 9.22 Å². The topological polar surface area (TPSA) is 12.5 Å². The summed E-state index contributed by atoms with van der Waals surface area (Å²) in [6.45, 7) is 5.82. The molecule has 0 bridgehead atoms. The summed E-state index contributed by atoms with van der Waals surface area (Å²) in [5.41, 5.74) is 0. The van der Waals surface area contributed by atoms with Crippen LogP contribution >= 0.6 is 0 Å². The molecule has 1 atom stereocenters. The Kier molecular flexibility index (Phi) is 12.1. The van der Waals surface area contributed by atoms with Gasteiger partial charge in [0, 0.05) is 0 Å². The first-order valence-electron chi connectivity index (χ1n) is 10.6. The van der Waals surface area contributed by atoms with E-state index >= 15 is 0 Å². The minimum Gasteiger partial charge on any atom is -0.367 e. The van der Waals surface area contributed by atoms with Gasteiger partial charge in [-0.1, -0.05) is 84.0 Å². The number of unbranched alkanes of at least 4 members (excludes halogenated alkanes) is 13. The van der Waals surface area contributed by atoms with E-state index in [1.165, 1.54) is 103 Å². The van der Waals surface area contributed by atoms with Gasteiger partial charge in [-0.05, 0) is 12.8 Å². The standard InChI is InChI=1S/C21H44NO/c1-4-5-6-7-8-9-10-11-12-13-14-15-16-17-18-22(2,3)19-21-20-23-21/h21H,4-20H2,1-3H3/q+1. The van der Waals surface area contributed by atoms with Crippen LogP contribution < -0.4 is 0 Å². The van der Waals surface area contributed by atoms with Gasteiger partial charge in [0.15, 0.2) is 0 Å². The number of hydrogen-bond donors (Lipinski definition) is 0. The Morgan fingerprint density at radius 1 is 0.696 bits per heavy atom. The monoisotopic (exact) mass is 326 g/mol. The van der Waals surface area contributed by atoms with E-state index in [1.807, 2.05) is 0 Å². The maximum atomic E-state index is 5.35. The van der Waals surface area contributed by atoms with Gasteiger partial charge in [-0.3, -0.25) is 0 Å². The molecule has 0 aliphatic carbocycles. The number of quaternary nitrogens is 1. The number of nitrogens with zero attached hydrogens (tertiary/aromatic N) is 1. The van der Waals surface area contributed by atoms with Gasteiger partial charge >= 0.3 is 0 Å². The molecule has 1 fully saturated rings. The van der Waals surface area contributed by atoms with E-state index in [0.29, 0.717) is 6.10 Å². The van der Waals surface area contributed by atoms with Crippen LogP contribution in [0.25, 0.3) is 0 Å². The van der Waals surface area contributed by atoms with Crippen LogP contribution in [-0.4, -0.2) is 44.4 Å². The van der Waals surface area contributed by atoms with E-state index in [0.717, 1.165) is 11.1 Å². The fourth-order valence-electron chi connectivity index (χ4n) is 3.55. The molecule has 0 amide bonds. The molecule has 23 heavy (non-hydrogen) atoms. The Morgan fingerprint density at radius 3 is 1.48 bits per heavy atom. The molecule has 138 valence electrons. The largest absolute Gasteiger partial charge is 0.367 e. The zero-order chi connectivity index (χ0) is 16.8. The molecule has 1 unspecified atom stereocenters. The van der Waals surface area contributed by atoms with Crippen LogP contribution in [0.4, 0.5) is 0 Å². The summed E-state index contributed by atoms with van der Waals surface area (Å²) in [6.07, 6.45) is 20.8. The summed E-state index contributed by atoms with van der Waals surface area (Å²) >= 11 is 0. The highest BCUT2D eigenvalue weighted by atomic mass is 16.6. The van der Waals surface area contributed by atoms with E-state index in [9.17, 15) is 0 Å². The molecule has 0 N–H and O–H groups in total. The maximum absolute atomic E-state index is 5.35. The lowest BCUT2D eigenvalue weighted by Gasteiger charge is -2.29. The van der Waals surface area contributed by atoms with Crippen molar-refractivity contribution in [3.8, 4) is 0 Å². The van der Waals surface area contributed by atoms with Crippen molar-refractivity contribution in [3.05, 3.63) is 0 Å². The van der Waals surface area contributed by atoms with Crippen molar-refractivity contribution in [2.24, 2.45) is 0 Å². The number of epoxide rings is 1. The lowest BCUT2D eigenvalue weighted by atomic mass is 10.0. The number of rotatable bonds is 17. The average molecular weight is 327 g/mol. The van der Waals surface area contributed by atoms with Gasteiger partial charge in [-0.2, -0.15) is 0 Å². The van der Waals surface area contributed by atoms with Crippen LogP contribution in [0.15, 0.2) is 0 Å². The zero-order valence-corrected chi connectivity index (χ0v) is 16.5. The first-order chi connectivity index (χ1) is 11.1. The minimum atomic E-state index is 0.566. The second-order valence-corrected chi connectivity index (χ2v) is 8.39. The molecule has 0 spiro atoms. The Bertz CT molecular complexity index is 261. The molecule has 0 aromatic rings. The van der Waals surface area contributed by atoms with Crippen LogP contribution in [0.5, 0.6) is 0 Å². The van der Waals surface area contributed by atoms with E-state index in [-0.39, 0.29) is 0 Å². The van der Waals surface area contributed by atoms with E-state index < -0.39 is 0 Å². The molecule has 1 aliphatic rings. The number of likely N-dealkylation sites (N-methyl/N-ethyl adjacent to an activating group) is 1. The molecule has 0 aromatic heterocycles. The van der Waals surface area contributed by atoms with Crippen molar-refractivity contribution < 1.29 is 9.22 Å². The summed E-state index contributed by atoms with van der Waals surface area (Å²) in [4.78, 5) is 0. The van der Waals surface area contributed by atoms with Crippen molar-refractivity contribution in [2.75, 3.05) is 33.8 Å². The van der Waals surface area contributed by atoms with Crippen LogP contribution in [0.3, 0.4) is 0 Å². The van der Waals surface area contributed by atoms with Gasteiger partial charge in [-0.15, -0.1) is 0 Å². The van der Waals surface area contributed by atoms with Crippen LogP contribution in [0, 0.1) is 0 Å². The highest BCUT2D eigenvalue weighted by Gasteiger charge is 2.30. The minimum absolute atomic E-state index is 0.566. The molecule has 1 aliphatic heterocycles. The summed E-state index contributed by atoms with van der Waals surface area (Å²) in [5.74, 6) is 0. The number of ether oxygens (including phenoxy) is 1. The summed E-state index contributed by atoms with van der Waals surface area (Å²) in [6, 6.07) is 0. The van der Waals surface area contributed by atoms with E-state index in [2.05, 4.69) is 21.0 Å². The predicted molar refractivity (Wildman–Crippen MR) is 102 cm³/mol. The number of hydrogen-bond acceptors (Lipinski definition) is 1. The summed E-state index contributed by atoms with van der Waals surface area (Å²) < 4.78 is 6.49. The van der Waals surface area contributed by atoms with Crippen molar-refractivity contribution in [3.63, 3.8) is 0 Å². The fourth-order valence-corrected chi connectivity index (χ4v) is 3.55. The molecule has 1 saturated heterocycles. The molecule has 1 heterocycles. The van der Waals surface area contributed by atoms with Crippen LogP contribution in [-0.2, 0) is 4.74 Å². The fraction of sp³-hybridized carbons (Fsp3) is 1.00. The maximum Gasteiger partial charge on any atom is 0.130 e. The van der Waals surface area contributed by atoms with Gasteiger partial charge in [-0.25, -0.2) is 0 Å². The quantitative estimate of drug-likeness (QED) is 0.183. The molecule has 2 heteroatoms. The van der Waals surface area contributed by atoms with Gasteiger partial charge in [0.1, 0.15) is 12.6 Å². The van der Waals surface area contributed by atoms with E-state index in [4.69, 9.17) is 4.74 Å². The molecule has 2 nitrogen and oxygen atoms in total. The SMILES string of the molecule is CCCCCCCCCCCCCCCC[N+](C)(C)CC1CO1. The van der Waals surface area contributed by atoms with Gasteiger partial charge in [0.25, 0.3) is 0 Å². The third-order valence-corrected chi connectivity index (χ3v) is 5.22. The third kappa shape index (κ3) is 14.0. The second-order valence-electron chi connectivity index (χ2n) is 8.39. The molecule has 1 rings (SSSR count). The van der Waals surface area contributed by atoms with Crippen LogP contribution in [0.1, 0.15) is 96.8 Å². The molecule has 0 radical (unpaired) electrons. The third-order valence-electron chi connectivity index (χ3n) is 5.22. The molecular weight excluding hydrogens is 282 g/mol. The zero-order valence-electron chi connectivity index (χ0n) is 16.5. The van der Waals surface area contributed by atoms with Crippen molar-refractivity contribution >= 4 is 0 Å². The van der Waals surface area contributed by atoms with E-state index in [1.54, 1.807) is 0 Å². The first kappa shape index (κ1) is 21.0. The molecule has 0 saturated carbocycles. The van der Waals surface area contributed by atoms with Crippen molar-refractivity contribution in [1.29, 1.82) is 0 Å². The van der Waals surface area contributed by atoms with Crippen molar-refractivity contribution in [2.45, 2.75) is 103 Å². The Hall–Kier alpha value is -0.0800. The molecular formula is C21H44NO+. The van der Waals surface area contributed by atoms with Crippen molar-refractivity contribution in [1.82, 2.24) is 0 Å². The molecule has 0 aromatic carbocycles. The highest BCUT2D eigenvalue weighted by Crippen LogP contribution is 2.16. The Balaban J connectivity index is 1.72. The van der Waals surface area contributed by atoms with Gasteiger partial charge in [0.2, 0.25) is 0 Å².